The smallest absolute Gasteiger partial charge is 0.308 e. The quantitative estimate of drug-likeness (QED) is 0.797. The number of benzene rings is 1. The first-order valence-electron chi connectivity index (χ1n) is 7.34. The van der Waals surface area contributed by atoms with Crippen molar-refractivity contribution in [2.24, 2.45) is 11.8 Å². The highest BCUT2D eigenvalue weighted by molar-refractivity contribution is 5.82. The lowest BCUT2D eigenvalue weighted by Crippen LogP contribution is -2.38. The summed E-state index contributed by atoms with van der Waals surface area (Å²) in [5.41, 5.74) is 0.969. The Kier molecular flexibility index (Phi) is 6.56. The molecule has 0 amide bonds. The van der Waals surface area contributed by atoms with Gasteiger partial charge in [0.1, 0.15) is 5.78 Å². The molecule has 1 rings (SSSR count). The van der Waals surface area contributed by atoms with Crippen LogP contribution in [0.4, 0.5) is 0 Å². The van der Waals surface area contributed by atoms with Crippen molar-refractivity contribution in [1.82, 2.24) is 0 Å². The van der Waals surface area contributed by atoms with E-state index in [4.69, 9.17) is 4.74 Å². The Balaban J connectivity index is 2.92. The minimum absolute atomic E-state index is 0.0216. The zero-order chi connectivity index (χ0) is 16.0. The highest BCUT2D eigenvalue weighted by atomic mass is 16.5. The Morgan fingerprint density at radius 1 is 1.10 bits per heavy atom. The van der Waals surface area contributed by atoms with Crippen LogP contribution in [-0.4, -0.2) is 23.0 Å². The minimum atomic E-state index is -0.948. The third-order valence-corrected chi connectivity index (χ3v) is 3.86. The predicted molar refractivity (Wildman–Crippen MR) is 81.0 cm³/mol. The van der Waals surface area contributed by atoms with Gasteiger partial charge in [0, 0.05) is 12.3 Å². The fourth-order valence-corrected chi connectivity index (χ4v) is 2.35. The Hall–Kier alpha value is -1.68. The Bertz CT molecular complexity index is 469. The van der Waals surface area contributed by atoms with Crippen LogP contribution < -0.4 is 0 Å². The predicted octanol–water partition coefficient (Wildman–Crippen LogP) is 3.47. The Morgan fingerprint density at radius 3 is 2.14 bits per heavy atom. The van der Waals surface area contributed by atoms with E-state index in [2.05, 4.69) is 0 Å². The van der Waals surface area contributed by atoms with Gasteiger partial charge in [0.25, 0.3) is 0 Å². The summed E-state index contributed by atoms with van der Waals surface area (Å²) in [5.74, 6) is -2.10. The van der Waals surface area contributed by atoms with E-state index in [-0.39, 0.29) is 11.9 Å². The van der Waals surface area contributed by atoms with Gasteiger partial charge in [-0.05, 0) is 19.4 Å². The third kappa shape index (κ3) is 4.67. The number of ether oxygens (including phenoxy) is 1. The molecule has 0 aliphatic carbocycles. The van der Waals surface area contributed by atoms with Gasteiger partial charge in [-0.1, -0.05) is 44.2 Å². The van der Waals surface area contributed by atoms with E-state index >= 15 is 0 Å². The SMILES string of the molecule is CCC(=O)[C@@H](C)[C@@H](O[C@H](C)c1ccccc1)[C@@H](C)C(=O)O. The number of carbonyl (C=O) groups is 2. The first kappa shape index (κ1) is 17.4. The molecule has 0 aliphatic heterocycles. The maximum Gasteiger partial charge on any atom is 0.308 e. The molecule has 0 heterocycles. The second-order valence-electron chi connectivity index (χ2n) is 5.39. The Labute approximate surface area is 126 Å². The molecule has 0 fully saturated rings. The number of carbonyl (C=O) groups excluding carboxylic acids is 1. The van der Waals surface area contributed by atoms with Crippen LogP contribution in [0.2, 0.25) is 0 Å². The van der Waals surface area contributed by atoms with Gasteiger partial charge in [-0.2, -0.15) is 0 Å². The normalized spacial score (nSPS) is 16.8. The maximum absolute atomic E-state index is 11.9. The molecule has 4 atom stereocenters. The summed E-state index contributed by atoms with van der Waals surface area (Å²) in [5, 5.41) is 9.25. The molecule has 0 saturated carbocycles. The molecule has 1 N–H and O–H groups in total. The van der Waals surface area contributed by atoms with Gasteiger partial charge >= 0.3 is 5.97 Å². The maximum atomic E-state index is 11.9. The highest BCUT2D eigenvalue weighted by Gasteiger charge is 2.34. The molecule has 1 aromatic rings. The topological polar surface area (TPSA) is 63.6 Å². The highest BCUT2D eigenvalue weighted by Crippen LogP contribution is 2.27. The monoisotopic (exact) mass is 292 g/mol. The van der Waals surface area contributed by atoms with Gasteiger partial charge < -0.3 is 9.84 Å². The molecule has 1 aromatic carbocycles. The standard InChI is InChI=1S/C17H24O4/c1-5-15(18)11(2)16(12(3)17(19)20)21-13(4)14-9-7-6-8-10-14/h6-13,16H,5H2,1-4H3,(H,19,20)/t11-,12-,13-,16-/m1/s1. The molecule has 0 saturated heterocycles. The van der Waals surface area contributed by atoms with E-state index in [0.29, 0.717) is 6.42 Å². The molecule has 0 spiro atoms. The van der Waals surface area contributed by atoms with E-state index in [9.17, 15) is 14.7 Å². The summed E-state index contributed by atoms with van der Waals surface area (Å²) >= 11 is 0. The van der Waals surface area contributed by atoms with Crippen molar-refractivity contribution >= 4 is 11.8 Å². The van der Waals surface area contributed by atoms with Crippen molar-refractivity contribution in [1.29, 1.82) is 0 Å². The van der Waals surface area contributed by atoms with E-state index in [1.165, 1.54) is 0 Å². The second kappa shape index (κ2) is 7.93. The van der Waals surface area contributed by atoms with E-state index in [1.54, 1.807) is 20.8 Å². The van der Waals surface area contributed by atoms with Crippen LogP contribution in [0.1, 0.15) is 45.8 Å². The zero-order valence-corrected chi connectivity index (χ0v) is 13.1. The molecular weight excluding hydrogens is 268 g/mol. The zero-order valence-electron chi connectivity index (χ0n) is 13.1. The summed E-state index contributed by atoms with van der Waals surface area (Å²) < 4.78 is 5.94. The summed E-state index contributed by atoms with van der Waals surface area (Å²) in [6, 6.07) is 9.59. The van der Waals surface area contributed by atoms with Gasteiger partial charge in [-0.25, -0.2) is 0 Å². The number of rotatable bonds is 8. The average molecular weight is 292 g/mol. The lowest BCUT2D eigenvalue weighted by molar-refractivity contribution is -0.153. The van der Waals surface area contributed by atoms with E-state index in [0.717, 1.165) is 5.56 Å². The van der Waals surface area contributed by atoms with Crippen LogP contribution in [0.3, 0.4) is 0 Å². The van der Waals surface area contributed by atoms with Crippen LogP contribution in [0.5, 0.6) is 0 Å². The number of aliphatic carboxylic acids is 1. The van der Waals surface area contributed by atoms with Crippen molar-refractivity contribution < 1.29 is 19.4 Å². The lowest BCUT2D eigenvalue weighted by atomic mass is 9.89. The van der Waals surface area contributed by atoms with Crippen LogP contribution in [0.15, 0.2) is 30.3 Å². The molecule has 21 heavy (non-hydrogen) atoms. The van der Waals surface area contributed by atoms with Crippen molar-refractivity contribution in [3.63, 3.8) is 0 Å². The first-order chi connectivity index (χ1) is 9.88. The third-order valence-electron chi connectivity index (χ3n) is 3.86. The molecule has 0 radical (unpaired) electrons. The summed E-state index contributed by atoms with van der Waals surface area (Å²) in [4.78, 5) is 23.2. The summed E-state index contributed by atoms with van der Waals surface area (Å²) in [6.07, 6.45) is -0.511. The van der Waals surface area contributed by atoms with Gasteiger partial charge in [0.2, 0.25) is 0 Å². The van der Waals surface area contributed by atoms with E-state index in [1.807, 2.05) is 37.3 Å². The summed E-state index contributed by atoms with van der Waals surface area (Å²) in [7, 11) is 0. The van der Waals surface area contributed by atoms with Crippen LogP contribution in [0, 0.1) is 11.8 Å². The molecular formula is C17H24O4. The van der Waals surface area contributed by atoms with Crippen molar-refractivity contribution in [3.05, 3.63) is 35.9 Å². The molecule has 0 aromatic heterocycles. The Morgan fingerprint density at radius 2 is 1.67 bits per heavy atom. The number of carboxylic acids is 1. The molecule has 0 bridgehead atoms. The van der Waals surface area contributed by atoms with Crippen molar-refractivity contribution in [3.8, 4) is 0 Å². The molecule has 4 nitrogen and oxygen atoms in total. The first-order valence-corrected chi connectivity index (χ1v) is 7.34. The van der Waals surface area contributed by atoms with Crippen molar-refractivity contribution in [2.45, 2.75) is 46.3 Å². The number of hydrogen-bond acceptors (Lipinski definition) is 3. The van der Waals surface area contributed by atoms with Gasteiger partial charge in [-0.3, -0.25) is 9.59 Å². The largest absolute Gasteiger partial charge is 0.481 e. The van der Waals surface area contributed by atoms with Crippen molar-refractivity contribution in [2.75, 3.05) is 0 Å². The molecule has 0 aliphatic rings. The average Bonchev–Trinajstić information content (AvgIpc) is 2.50. The number of hydrogen-bond donors (Lipinski definition) is 1. The van der Waals surface area contributed by atoms with Gasteiger partial charge in [0.05, 0.1) is 18.1 Å². The number of carboxylic acid groups (broad SMARTS) is 1. The second-order valence-corrected chi connectivity index (χ2v) is 5.39. The fourth-order valence-electron chi connectivity index (χ4n) is 2.35. The molecule has 4 heteroatoms. The lowest BCUT2D eigenvalue weighted by Gasteiger charge is -2.29. The van der Waals surface area contributed by atoms with Crippen LogP contribution >= 0.6 is 0 Å². The van der Waals surface area contributed by atoms with Crippen LogP contribution in [-0.2, 0) is 14.3 Å². The number of Topliss-reactive ketones (excluding diaryl/α,β-unsaturated/α-hetero) is 1. The minimum Gasteiger partial charge on any atom is -0.481 e. The fraction of sp³-hybridized carbons (Fsp3) is 0.529. The summed E-state index contributed by atoms with van der Waals surface area (Å²) in [6.45, 7) is 6.99. The van der Waals surface area contributed by atoms with Gasteiger partial charge in [-0.15, -0.1) is 0 Å². The van der Waals surface area contributed by atoms with E-state index < -0.39 is 23.9 Å². The van der Waals surface area contributed by atoms with Gasteiger partial charge in [0.15, 0.2) is 0 Å². The van der Waals surface area contributed by atoms with Crippen LogP contribution in [0.25, 0.3) is 0 Å². The number of ketones is 1. The molecule has 0 unspecified atom stereocenters. The molecule has 116 valence electrons.